The number of aromatic amines is 2. The van der Waals surface area contributed by atoms with Gasteiger partial charge in [-0.3, -0.25) is 19.7 Å². The predicted molar refractivity (Wildman–Crippen MR) is 92.5 cm³/mol. The summed E-state index contributed by atoms with van der Waals surface area (Å²) in [5.74, 6) is -1.48. The van der Waals surface area contributed by atoms with Gasteiger partial charge in [0.1, 0.15) is 5.69 Å². The Kier molecular flexibility index (Phi) is 4.32. The van der Waals surface area contributed by atoms with Crippen molar-refractivity contribution in [3.8, 4) is 0 Å². The van der Waals surface area contributed by atoms with E-state index in [-0.39, 0.29) is 37.8 Å². The number of amides is 2. The van der Waals surface area contributed by atoms with Crippen molar-refractivity contribution in [1.29, 1.82) is 0 Å². The van der Waals surface area contributed by atoms with Crippen LogP contribution in [0, 0.1) is 5.95 Å². The molecule has 1 saturated heterocycles. The zero-order valence-electron chi connectivity index (χ0n) is 14.2. The van der Waals surface area contributed by atoms with Gasteiger partial charge in [0.25, 0.3) is 11.8 Å². The fraction of sp³-hybridized carbons (Fsp3) is 0.294. The lowest BCUT2D eigenvalue weighted by molar-refractivity contribution is 0.0627. The highest BCUT2D eigenvalue weighted by Gasteiger charge is 2.29. The van der Waals surface area contributed by atoms with Crippen molar-refractivity contribution in [2.75, 3.05) is 26.2 Å². The van der Waals surface area contributed by atoms with Crippen molar-refractivity contribution in [3.05, 3.63) is 47.9 Å². The average Bonchev–Trinajstić information content (AvgIpc) is 3.23. The number of carbonyl (C=O) groups excluding carboxylic acids is 2. The molecule has 140 valence electrons. The van der Waals surface area contributed by atoms with Gasteiger partial charge in [0.2, 0.25) is 5.95 Å². The lowest BCUT2D eigenvalue weighted by atomic mass is 10.2. The molecule has 3 aromatic heterocycles. The highest BCUT2D eigenvalue weighted by Crippen LogP contribution is 2.17. The van der Waals surface area contributed by atoms with Crippen LogP contribution < -0.4 is 0 Å². The summed E-state index contributed by atoms with van der Waals surface area (Å²) in [5, 5.41) is 16.8. The minimum Gasteiger partial charge on any atom is -0.389 e. The van der Waals surface area contributed by atoms with Crippen LogP contribution >= 0.6 is 0 Å². The van der Waals surface area contributed by atoms with E-state index in [2.05, 4.69) is 20.2 Å². The van der Waals surface area contributed by atoms with Gasteiger partial charge in [-0.15, -0.1) is 0 Å². The molecule has 3 N–H and O–H groups in total. The number of carbonyl (C=O) groups is 2. The number of aromatic nitrogens is 4. The van der Waals surface area contributed by atoms with Gasteiger partial charge >= 0.3 is 0 Å². The molecule has 0 radical (unpaired) electrons. The number of H-pyrrole nitrogens is 2. The topological polar surface area (TPSA) is 118 Å². The summed E-state index contributed by atoms with van der Waals surface area (Å²) in [6.07, 6.45) is 2.35. The van der Waals surface area contributed by atoms with Crippen LogP contribution in [0.1, 0.15) is 21.0 Å². The monoisotopic (exact) mass is 372 g/mol. The summed E-state index contributed by atoms with van der Waals surface area (Å²) in [6, 6.07) is 4.52. The molecule has 3 aromatic rings. The number of β-amino-alcohol motifs (C(OH)–C–C–N with tert-alkyl or cyclic N) is 1. The summed E-state index contributed by atoms with van der Waals surface area (Å²) in [5.41, 5.74) is 1.07. The van der Waals surface area contributed by atoms with Gasteiger partial charge in [0.05, 0.1) is 17.8 Å². The molecule has 0 aromatic carbocycles. The molecule has 0 bridgehead atoms. The molecule has 0 aliphatic carbocycles. The first-order chi connectivity index (χ1) is 13.0. The Morgan fingerprint density at radius 3 is 2.59 bits per heavy atom. The number of hydrogen-bond donors (Lipinski definition) is 3. The quantitative estimate of drug-likeness (QED) is 0.601. The van der Waals surface area contributed by atoms with E-state index in [0.717, 1.165) is 17.0 Å². The summed E-state index contributed by atoms with van der Waals surface area (Å²) >= 11 is 0. The molecule has 0 saturated carbocycles. The third kappa shape index (κ3) is 3.38. The summed E-state index contributed by atoms with van der Waals surface area (Å²) in [6.45, 7) is 0.568. The summed E-state index contributed by atoms with van der Waals surface area (Å²) in [7, 11) is 0. The summed E-state index contributed by atoms with van der Waals surface area (Å²) < 4.78 is 13.1. The molecule has 27 heavy (non-hydrogen) atoms. The van der Waals surface area contributed by atoms with Crippen LogP contribution in [0.25, 0.3) is 10.9 Å². The molecule has 9 nitrogen and oxygen atoms in total. The standard InChI is InChI=1S/C17H17FN6O3/c18-15-6-13(21-22-15)17(27)24-4-3-23(8-11(25)9-24)16(26)12-5-10-1-2-19-7-14(10)20-12/h1-2,5-7,11,20,25H,3-4,8-9H2,(H,21,22). The molecule has 0 spiro atoms. The van der Waals surface area contributed by atoms with Crippen molar-refractivity contribution in [1.82, 2.24) is 30.0 Å². The highest BCUT2D eigenvalue weighted by atomic mass is 19.1. The maximum absolute atomic E-state index is 13.1. The number of halogens is 1. The number of rotatable bonds is 2. The van der Waals surface area contributed by atoms with Crippen LogP contribution in [-0.4, -0.2) is 79.2 Å². The third-order valence-electron chi connectivity index (χ3n) is 4.50. The van der Waals surface area contributed by atoms with E-state index in [0.29, 0.717) is 5.69 Å². The van der Waals surface area contributed by atoms with Crippen molar-refractivity contribution in [2.24, 2.45) is 0 Å². The molecule has 10 heteroatoms. The predicted octanol–water partition coefficient (Wildman–Crippen LogP) is 0.384. The van der Waals surface area contributed by atoms with Gasteiger partial charge in [-0.1, -0.05) is 0 Å². The Morgan fingerprint density at radius 1 is 1.19 bits per heavy atom. The van der Waals surface area contributed by atoms with Gasteiger partial charge in [-0.05, 0) is 12.1 Å². The Morgan fingerprint density at radius 2 is 1.93 bits per heavy atom. The van der Waals surface area contributed by atoms with E-state index in [9.17, 15) is 19.1 Å². The first kappa shape index (κ1) is 17.2. The minimum absolute atomic E-state index is 0.0354. The van der Waals surface area contributed by atoms with Gasteiger partial charge < -0.3 is 19.9 Å². The molecule has 1 aliphatic heterocycles. The fourth-order valence-corrected chi connectivity index (χ4v) is 3.19. The molecule has 4 rings (SSSR count). The van der Waals surface area contributed by atoms with E-state index < -0.39 is 18.0 Å². The van der Waals surface area contributed by atoms with Gasteiger partial charge in [-0.25, -0.2) is 0 Å². The van der Waals surface area contributed by atoms with Crippen LogP contribution in [0.4, 0.5) is 4.39 Å². The van der Waals surface area contributed by atoms with E-state index in [1.807, 2.05) is 0 Å². The average molecular weight is 372 g/mol. The van der Waals surface area contributed by atoms with Crippen molar-refractivity contribution in [3.63, 3.8) is 0 Å². The minimum atomic E-state index is -0.921. The number of nitrogens with zero attached hydrogens (tertiary/aromatic N) is 4. The number of pyridine rings is 1. The molecular weight excluding hydrogens is 355 g/mol. The zero-order valence-corrected chi connectivity index (χ0v) is 14.2. The molecular formula is C17H17FN6O3. The highest BCUT2D eigenvalue weighted by molar-refractivity contribution is 5.98. The molecule has 1 unspecified atom stereocenters. The van der Waals surface area contributed by atoms with Crippen molar-refractivity contribution < 1.29 is 19.1 Å². The SMILES string of the molecule is O=C(c1cc(F)[nH]n1)N1CCN(C(=O)c2cc3ccncc3[nH]2)CC(O)C1. The van der Waals surface area contributed by atoms with E-state index in [1.54, 1.807) is 24.5 Å². The van der Waals surface area contributed by atoms with Gasteiger partial charge in [0.15, 0.2) is 5.69 Å². The van der Waals surface area contributed by atoms with Crippen LogP contribution in [-0.2, 0) is 0 Å². The molecule has 1 atom stereocenters. The molecule has 1 aliphatic rings. The normalized spacial score (nSPS) is 17.9. The lowest BCUT2D eigenvalue weighted by Gasteiger charge is -2.21. The van der Waals surface area contributed by atoms with Crippen LogP contribution in [0.5, 0.6) is 0 Å². The van der Waals surface area contributed by atoms with Gasteiger partial charge in [0, 0.05) is 43.8 Å². The Hall–Kier alpha value is -3.27. The molecule has 2 amide bonds. The second kappa shape index (κ2) is 6.80. The third-order valence-corrected chi connectivity index (χ3v) is 4.50. The summed E-state index contributed by atoms with van der Waals surface area (Å²) in [4.78, 5) is 35.1. The van der Waals surface area contributed by atoms with E-state index in [4.69, 9.17) is 0 Å². The van der Waals surface area contributed by atoms with Crippen LogP contribution in [0.2, 0.25) is 0 Å². The second-order valence-electron chi connectivity index (χ2n) is 6.40. The number of fused-ring (bicyclic) bond motifs is 1. The smallest absolute Gasteiger partial charge is 0.274 e. The van der Waals surface area contributed by atoms with Crippen molar-refractivity contribution >= 4 is 22.7 Å². The number of aliphatic hydroxyl groups excluding tert-OH is 1. The number of aliphatic hydroxyl groups is 1. The Balaban J connectivity index is 1.50. The van der Waals surface area contributed by atoms with E-state index in [1.165, 1.54) is 9.80 Å². The molecule has 1 fully saturated rings. The van der Waals surface area contributed by atoms with E-state index >= 15 is 0 Å². The largest absolute Gasteiger partial charge is 0.389 e. The zero-order chi connectivity index (χ0) is 19.0. The Bertz CT molecular complexity index is 966. The van der Waals surface area contributed by atoms with Crippen molar-refractivity contribution in [2.45, 2.75) is 6.10 Å². The maximum atomic E-state index is 13.1. The lowest BCUT2D eigenvalue weighted by Crippen LogP contribution is -2.38. The first-order valence-corrected chi connectivity index (χ1v) is 8.41. The second-order valence-corrected chi connectivity index (χ2v) is 6.40. The van der Waals surface area contributed by atoms with Crippen LogP contribution in [0.15, 0.2) is 30.6 Å². The molecule has 4 heterocycles. The maximum Gasteiger partial charge on any atom is 0.274 e. The number of nitrogens with one attached hydrogen (secondary N) is 2. The first-order valence-electron chi connectivity index (χ1n) is 8.41. The number of hydrogen-bond acceptors (Lipinski definition) is 5. The van der Waals surface area contributed by atoms with Gasteiger partial charge in [-0.2, -0.15) is 9.49 Å². The Labute approximate surface area is 152 Å². The fourth-order valence-electron chi connectivity index (χ4n) is 3.19. The van der Waals surface area contributed by atoms with Crippen LogP contribution in [0.3, 0.4) is 0 Å².